The number of nitrogens with two attached hydrogens (primary N) is 1. The van der Waals surface area contributed by atoms with E-state index in [2.05, 4.69) is 21.0 Å². The van der Waals surface area contributed by atoms with E-state index >= 15 is 0 Å². The summed E-state index contributed by atoms with van der Waals surface area (Å²) in [7, 11) is 0. The third-order valence-electron chi connectivity index (χ3n) is 3.16. The van der Waals surface area contributed by atoms with E-state index in [1.165, 1.54) is 0 Å². The molecule has 0 bridgehead atoms. The summed E-state index contributed by atoms with van der Waals surface area (Å²) in [4.78, 5) is 11.9. The van der Waals surface area contributed by atoms with Crippen molar-refractivity contribution in [2.45, 2.75) is 25.9 Å². The second-order valence-corrected chi connectivity index (χ2v) is 5.94. The lowest BCUT2D eigenvalue weighted by Crippen LogP contribution is -2.39. The van der Waals surface area contributed by atoms with E-state index in [9.17, 15) is 4.79 Å². The largest absolute Gasteiger partial charge is 0.461 e. The highest BCUT2D eigenvalue weighted by Crippen LogP contribution is 2.23. The number of aromatic nitrogens is 2. The molecule has 0 amide bonds. The first-order chi connectivity index (χ1) is 9.94. The minimum absolute atomic E-state index is 0.329. The van der Waals surface area contributed by atoms with Crippen LogP contribution in [0.1, 0.15) is 29.9 Å². The maximum absolute atomic E-state index is 11.9. The van der Waals surface area contributed by atoms with Gasteiger partial charge in [-0.1, -0.05) is 28.1 Å². The zero-order valence-electron chi connectivity index (χ0n) is 12.0. The summed E-state index contributed by atoms with van der Waals surface area (Å²) in [6.07, 6.45) is 1.57. The smallest absolute Gasteiger partial charge is 0.356 e. The molecule has 2 rings (SSSR count). The van der Waals surface area contributed by atoms with Crippen LogP contribution in [0, 0.1) is 0 Å². The molecule has 112 valence electrons. The highest BCUT2D eigenvalue weighted by atomic mass is 79.9. The van der Waals surface area contributed by atoms with Gasteiger partial charge in [-0.25, -0.2) is 4.79 Å². The van der Waals surface area contributed by atoms with Crippen LogP contribution in [-0.2, 0) is 16.8 Å². The molecule has 2 N–H and O–H groups in total. The molecule has 5 nitrogen and oxygen atoms in total. The molecule has 2 aromatic rings. The minimum Gasteiger partial charge on any atom is -0.461 e. The molecule has 0 saturated heterocycles. The number of ether oxygens (including phenoxy) is 1. The number of carbonyl (C=O) groups excluding carboxylic acids is 1. The Bertz CT molecular complexity index is 637. The normalized spacial score (nSPS) is 13.7. The van der Waals surface area contributed by atoms with Crippen LogP contribution < -0.4 is 5.73 Å². The van der Waals surface area contributed by atoms with Crippen molar-refractivity contribution in [3.8, 4) is 0 Å². The van der Waals surface area contributed by atoms with Gasteiger partial charge in [0.15, 0.2) is 0 Å². The van der Waals surface area contributed by atoms with Crippen molar-refractivity contribution in [2.24, 2.45) is 5.73 Å². The molecule has 0 aliphatic carbocycles. The van der Waals surface area contributed by atoms with Crippen molar-refractivity contribution in [3.63, 3.8) is 0 Å². The molecule has 0 aliphatic rings. The van der Waals surface area contributed by atoms with Gasteiger partial charge in [-0.15, -0.1) is 0 Å². The lowest BCUT2D eigenvalue weighted by molar-refractivity contribution is 0.0510. The number of esters is 1. The van der Waals surface area contributed by atoms with Crippen LogP contribution in [0.5, 0.6) is 0 Å². The van der Waals surface area contributed by atoms with Gasteiger partial charge in [0.05, 0.1) is 18.7 Å². The van der Waals surface area contributed by atoms with Crippen LogP contribution in [0.15, 0.2) is 41.0 Å². The van der Waals surface area contributed by atoms with Crippen LogP contribution in [-0.4, -0.2) is 22.4 Å². The van der Waals surface area contributed by atoms with Crippen LogP contribution in [0.3, 0.4) is 0 Å². The molecule has 1 heterocycles. The van der Waals surface area contributed by atoms with Crippen LogP contribution in [0.25, 0.3) is 0 Å². The molecule has 0 fully saturated rings. The van der Waals surface area contributed by atoms with Gasteiger partial charge < -0.3 is 10.5 Å². The highest BCUT2D eigenvalue weighted by molar-refractivity contribution is 9.10. The Morgan fingerprint density at radius 2 is 2.24 bits per heavy atom. The molecule has 6 heteroatoms. The Hall–Kier alpha value is -1.66. The van der Waals surface area contributed by atoms with Gasteiger partial charge in [-0.2, -0.15) is 5.10 Å². The van der Waals surface area contributed by atoms with Crippen molar-refractivity contribution in [3.05, 3.63) is 52.3 Å². The van der Waals surface area contributed by atoms with E-state index in [1.807, 2.05) is 31.2 Å². The molecule has 1 atom stereocenters. The summed E-state index contributed by atoms with van der Waals surface area (Å²) in [5.41, 5.74) is 7.12. The fourth-order valence-corrected chi connectivity index (χ4v) is 2.48. The average molecular weight is 352 g/mol. The zero-order valence-corrected chi connectivity index (χ0v) is 13.6. The second-order valence-electron chi connectivity index (χ2n) is 5.02. The summed E-state index contributed by atoms with van der Waals surface area (Å²) in [5.74, 6) is -0.389. The molecule has 1 aromatic heterocycles. The quantitative estimate of drug-likeness (QED) is 0.840. The number of nitrogens with zero attached hydrogens (tertiary/aromatic N) is 2. The number of hydrogen-bond donors (Lipinski definition) is 1. The maximum atomic E-state index is 11.9. The summed E-state index contributed by atoms with van der Waals surface area (Å²) in [6, 6.07) is 9.43. The fraction of sp³-hybridized carbons (Fsp3) is 0.333. The van der Waals surface area contributed by atoms with Gasteiger partial charge in [0.1, 0.15) is 5.69 Å². The molecule has 0 radical (unpaired) electrons. The van der Waals surface area contributed by atoms with E-state index in [-0.39, 0.29) is 5.97 Å². The summed E-state index contributed by atoms with van der Waals surface area (Å²) >= 11 is 3.44. The minimum atomic E-state index is -0.656. The number of hydrogen-bond acceptors (Lipinski definition) is 4. The Morgan fingerprint density at radius 1 is 1.48 bits per heavy atom. The van der Waals surface area contributed by atoms with Crippen molar-refractivity contribution in [1.29, 1.82) is 0 Å². The number of rotatable bonds is 5. The maximum Gasteiger partial charge on any atom is 0.356 e. The summed E-state index contributed by atoms with van der Waals surface area (Å²) < 4.78 is 7.56. The molecular formula is C15H18BrN3O2. The zero-order chi connectivity index (χ0) is 15.5. The molecule has 0 spiro atoms. The number of benzene rings is 1. The topological polar surface area (TPSA) is 70.1 Å². The Labute approximate surface area is 132 Å². The third kappa shape index (κ3) is 3.71. The average Bonchev–Trinajstić information content (AvgIpc) is 2.86. The van der Waals surface area contributed by atoms with Crippen LogP contribution >= 0.6 is 15.9 Å². The van der Waals surface area contributed by atoms with E-state index in [1.54, 1.807) is 23.9 Å². The predicted octanol–water partition coefficient (Wildman–Crippen LogP) is 2.70. The molecule has 21 heavy (non-hydrogen) atoms. The van der Waals surface area contributed by atoms with Gasteiger partial charge in [0, 0.05) is 10.7 Å². The van der Waals surface area contributed by atoms with E-state index in [0.29, 0.717) is 18.8 Å². The van der Waals surface area contributed by atoms with Crippen molar-refractivity contribution < 1.29 is 9.53 Å². The standard InChI is InChI=1S/C15H18BrN3O2/c1-3-21-14(20)13-7-8-18-19(13)10-15(2,17)11-5-4-6-12(16)9-11/h4-9H,3,10,17H2,1-2H3/t15-/m1/s1. The van der Waals surface area contributed by atoms with Gasteiger partial charge >= 0.3 is 5.97 Å². The Morgan fingerprint density at radius 3 is 2.90 bits per heavy atom. The van der Waals surface area contributed by atoms with E-state index < -0.39 is 5.54 Å². The molecule has 0 unspecified atom stereocenters. The van der Waals surface area contributed by atoms with Crippen LogP contribution in [0.2, 0.25) is 0 Å². The van der Waals surface area contributed by atoms with Gasteiger partial charge in [0.25, 0.3) is 0 Å². The second kappa shape index (κ2) is 6.41. The molecule has 0 saturated carbocycles. The summed E-state index contributed by atoms with van der Waals surface area (Å²) in [6.45, 7) is 4.39. The third-order valence-corrected chi connectivity index (χ3v) is 3.66. The molecule has 1 aromatic carbocycles. The number of carbonyl (C=O) groups is 1. The SMILES string of the molecule is CCOC(=O)c1ccnn1C[C@@](C)(N)c1cccc(Br)c1. The van der Waals surface area contributed by atoms with Crippen molar-refractivity contribution in [2.75, 3.05) is 6.61 Å². The first kappa shape index (κ1) is 15.7. The first-order valence-electron chi connectivity index (χ1n) is 6.68. The Balaban J connectivity index is 2.25. The first-order valence-corrected chi connectivity index (χ1v) is 7.47. The van der Waals surface area contributed by atoms with Crippen LogP contribution in [0.4, 0.5) is 0 Å². The molecular weight excluding hydrogens is 334 g/mol. The van der Waals surface area contributed by atoms with E-state index in [4.69, 9.17) is 10.5 Å². The van der Waals surface area contributed by atoms with Gasteiger partial charge in [-0.05, 0) is 37.6 Å². The lowest BCUT2D eigenvalue weighted by Gasteiger charge is -2.26. The highest BCUT2D eigenvalue weighted by Gasteiger charge is 2.25. The molecule has 0 aliphatic heterocycles. The predicted molar refractivity (Wildman–Crippen MR) is 83.9 cm³/mol. The number of halogens is 1. The van der Waals surface area contributed by atoms with Gasteiger partial charge in [-0.3, -0.25) is 4.68 Å². The monoisotopic (exact) mass is 351 g/mol. The fourth-order valence-electron chi connectivity index (χ4n) is 2.08. The lowest BCUT2D eigenvalue weighted by atomic mass is 9.93. The Kier molecular flexibility index (Phi) is 4.80. The van der Waals surface area contributed by atoms with E-state index in [0.717, 1.165) is 10.0 Å². The van der Waals surface area contributed by atoms with Crippen molar-refractivity contribution >= 4 is 21.9 Å². The van der Waals surface area contributed by atoms with Gasteiger partial charge in [0.2, 0.25) is 0 Å². The summed E-state index contributed by atoms with van der Waals surface area (Å²) in [5, 5.41) is 4.18. The van der Waals surface area contributed by atoms with Crippen molar-refractivity contribution in [1.82, 2.24) is 9.78 Å².